The molecule has 1 N–H and O–H groups in total. The third kappa shape index (κ3) is 3.52. The minimum absolute atomic E-state index is 0.00507. The zero-order chi connectivity index (χ0) is 17.3. The summed E-state index contributed by atoms with van der Waals surface area (Å²) in [6, 6.07) is 10.3. The Morgan fingerprint density at radius 1 is 1.29 bits per heavy atom. The van der Waals surface area contributed by atoms with E-state index in [0.29, 0.717) is 12.2 Å². The summed E-state index contributed by atoms with van der Waals surface area (Å²) in [7, 11) is 0. The average Bonchev–Trinajstić information content (AvgIpc) is 3.00. The highest BCUT2D eigenvalue weighted by Gasteiger charge is 2.31. The Morgan fingerprint density at radius 3 is 2.79 bits per heavy atom. The number of hydrogen-bond donors (Lipinski definition) is 1. The van der Waals surface area contributed by atoms with E-state index in [1.807, 2.05) is 0 Å². The van der Waals surface area contributed by atoms with Gasteiger partial charge in [-0.15, -0.1) is 11.8 Å². The van der Waals surface area contributed by atoms with Gasteiger partial charge in [-0.3, -0.25) is 0 Å². The fourth-order valence-electron chi connectivity index (χ4n) is 2.81. The van der Waals surface area contributed by atoms with Crippen LogP contribution in [-0.2, 0) is 0 Å². The zero-order valence-corrected chi connectivity index (χ0v) is 15.0. The third-order valence-electron chi connectivity index (χ3n) is 4.01. The van der Waals surface area contributed by atoms with Crippen molar-refractivity contribution in [1.29, 1.82) is 0 Å². The summed E-state index contributed by atoms with van der Waals surface area (Å²) in [6.45, 7) is 4.79. The molecule has 1 atom stereocenters. The number of rotatable bonds is 2. The van der Waals surface area contributed by atoms with Crippen molar-refractivity contribution in [3.8, 4) is 0 Å². The fourth-order valence-corrected chi connectivity index (χ4v) is 4.34. The van der Waals surface area contributed by atoms with Crippen molar-refractivity contribution in [2.75, 3.05) is 17.6 Å². The van der Waals surface area contributed by atoms with Gasteiger partial charge in [0, 0.05) is 18.0 Å². The van der Waals surface area contributed by atoms with Crippen LogP contribution in [0.3, 0.4) is 0 Å². The van der Waals surface area contributed by atoms with E-state index in [-0.39, 0.29) is 16.4 Å². The standard InChI is InChI=1S/C18H18ClFN2OS/c1-11-3-5-14(12(2)9-11)17-22(7-8-24-17)18(23)21-13-4-6-16(20)15(19)10-13/h3-6,9-10,17H,7-8H2,1-2H3,(H,21,23). The fraction of sp³-hybridized carbons (Fsp3) is 0.278. The number of aryl methyl sites for hydroxylation is 2. The van der Waals surface area contributed by atoms with Crippen LogP contribution in [-0.4, -0.2) is 23.2 Å². The number of amides is 2. The molecule has 1 saturated heterocycles. The van der Waals surface area contributed by atoms with E-state index in [1.54, 1.807) is 16.7 Å². The Kier molecular flexibility index (Phi) is 5.01. The highest BCUT2D eigenvalue weighted by atomic mass is 35.5. The molecule has 6 heteroatoms. The maximum atomic E-state index is 13.2. The molecule has 1 aliphatic heterocycles. The van der Waals surface area contributed by atoms with Crippen molar-refractivity contribution in [1.82, 2.24) is 4.90 Å². The second kappa shape index (κ2) is 7.03. The first-order chi connectivity index (χ1) is 11.5. The molecule has 1 aliphatic rings. The molecule has 1 fully saturated rings. The molecule has 1 heterocycles. The lowest BCUT2D eigenvalue weighted by Gasteiger charge is -2.26. The van der Waals surface area contributed by atoms with Crippen LogP contribution >= 0.6 is 23.4 Å². The number of thioether (sulfide) groups is 1. The van der Waals surface area contributed by atoms with Crippen molar-refractivity contribution in [2.24, 2.45) is 0 Å². The number of benzene rings is 2. The van der Waals surface area contributed by atoms with Gasteiger partial charge in [-0.2, -0.15) is 0 Å². The number of carbonyl (C=O) groups is 1. The lowest BCUT2D eigenvalue weighted by molar-refractivity contribution is 0.214. The summed E-state index contributed by atoms with van der Waals surface area (Å²) < 4.78 is 13.2. The molecule has 2 aromatic rings. The monoisotopic (exact) mass is 364 g/mol. The molecule has 0 bridgehead atoms. The number of urea groups is 1. The van der Waals surface area contributed by atoms with Crippen LogP contribution < -0.4 is 5.32 Å². The van der Waals surface area contributed by atoms with Crippen LogP contribution in [0.15, 0.2) is 36.4 Å². The number of nitrogens with zero attached hydrogens (tertiary/aromatic N) is 1. The van der Waals surface area contributed by atoms with Crippen LogP contribution in [0.2, 0.25) is 5.02 Å². The van der Waals surface area contributed by atoms with E-state index in [9.17, 15) is 9.18 Å². The molecular weight excluding hydrogens is 347 g/mol. The van der Waals surface area contributed by atoms with E-state index in [4.69, 9.17) is 11.6 Å². The van der Waals surface area contributed by atoms with E-state index in [0.717, 1.165) is 11.3 Å². The molecule has 1 unspecified atom stereocenters. The van der Waals surface area contributed by atoms with Crippen LogP contribution in [0.5, 0.6) is 0 Å². The molecule has 0 aromatic heterocycles. The van der Waals surface area contributed by atoms with Gasteiger partial charge in [0.05, 0.1) is 5.02 Å². The maximum Gasteiger partial charge on any atom is 0.323 e. The number of halogens is 2. The molecule has 0 aliphatic carbocycles. The predicted molar refractivity (Wildman–Crippen MR) is 98.2 cm³/mol. The Labute approximate surface area is 150 Å². The van der Waals surface area contributed by atoms with Crippen LogP contribution in [0, 0.1) is 19.7 Å². The number of carbonyl (C=O) groups excluding carboxylic acids is 1. The second-order valence-corrected chi connectivity index (χ2v) is 7.43. The van der Waals surface area contributed by atoms with E-state index >= 15 is 0 Å². The van der Waals surface area contributed by atoms with Crippen molar-refractivity contribution < 1.29 is 9.18 Å². The summed E-state index contributed by atoms with van der Waals surface area (Å²) in [6.07, 6.45) is 0. The van der Waals surface area contributed by atoms with Gasteiger partial charge in [-0.25, -0.2) is 9.18 Å². The highest BCUT2D eigenvalue weighted by molar-refractivity contribution is 7.99. The van der Waals surface area contributed by atoms with Crippen LogP contribution in [0.4, 0.5) is 14.9 Å². The van der Waals surface area contributed by atoms with Crippen molar-refractivity contribution >= 4 is 35.1 Å². The SMILES string of the molecule is Cc1ccc(C2SCCN2C(=O)Nc2ccc(F)c(Cl)c2)c(C)c1. The van der Waals surface area contributed by atoms with Crippen molar-refractivity contribution in [3.63, 3.8) is 0 Å². The molecule has 126 valence electrons. The van der Waals surface area contributed by atoms with Crippen molar-refractivity contribution in [2.45, 2.75) is 19.2 Å². The highest BCUT2D eigenvalue weighted by Crippen LogP contribution is 2.39. The Morgan fingerprint density at radius 2 is 2.08 bits per heavy atom. The minimum Gasteiger partial charge on any atom is -0.308 e. The van der Waals surface area contributed by atoms with E-state index in [2.05, 4.69) is 37.4 Å². The summed E-state index contributed by atoms with van der Waals surface area (Å²) in [5.41, 5.74) is 4.02. The summed E-state index contributed by atoms with van der Waals surface area (Å²) in [5.74, 6) is 0.384. The van der Waals surface area contributed by atoms with Crippen molar-refractivity contribution in [3.05, 3.63) is 63.9 Å². The normalized spacial score (nSPS) is 17.2. The smallest absolute Gasteiger partial charge is 0.308 e. The Hall–Kier alpha value is -1.72. The number of hydrogen-bond acceptors (Lipinski definition) is 2. The van der Waals surface area contributed by atoms with Gasteiger partial charge in [-0.1, -0.05) is 35.4 Å². The number of nitrogens with one attached hydrogen (secondary N) is 1. The molecule has 0 spiro atoms. The minimum atomic E-state index is -0.500. The average molecular weight is 365 g/mol. The quantitative estimate of drug-likeness (QED) is 0.776. The zero-order valence-electron chi connectivity index (χ0n) is 13.5. The molecule has 3 rings (SSSR count). The molecule has 2 aromatic carbocycles. The second-order valence-electron chi connectivity index (χ2n) is 5.84. The first kappa shape index (κ1) is 17.1. The molecule has 24 heavy (non-hydrogen) atoms. The van der Waals surface area contributed by atoms with Gasteiger partial charge in [0.25, 0.3) is 0 Å². The molecular formula is C18H18ClFN2OS. The maximum absolute atomic E-state index is 13.2. The van der Waals surface area contributed by atoms with Gasteiger partial charge in [0.2, 0.25) is 0 Å². The molecule has 3 nitrogen and oxygen atoms in total. The van der Waals surface area contributed by atoms with Gasteiger partial charge in [0.1, 0.15) is 11.2 Å². The summed E-state index contributed by atoms with van der Waals surface area (Å²) in [5, 5.41) is 2.79. The van der Waals surface area contributed by atoms with Gasteiger partial charge < -0.3 is 10.2 Å². The Balaban J connectivity index is 1.79. The summed E-state index contributed by atoms with van der Waals surface area (Å²) in [4.78, 5) is 14.4. The summed E-state index contributed by atoms with van der Waals surface area (Å²) >= 11 is 7.52. The van der Waals surface area contributed by atoms with Crippen LogP contribution in [0.1, 0.15) is 22.1 Å². The van der Waals surface area contributed by atoms with Gasteiger partial charge in [0.15, 0.2) is 0 Å². The lowest BCUT2D eigenvalue weighted by atomic mass is 10.1. The van der Waals surface area contributed by atoms with E-state index in [1.165, 1.54) is 29.3 Å². The molecule has 2 amide bonds. The van der Waals surface area contributed by atoms with E-state index < -0.39 is 5.82 Å². The topological polar surface area (TPSA) is 32.3 Å². The third-order valence-corrected chi connectivity index (χ3v) is 5.55. The van der Waals surface area contributed by atoms with Crippen LogP contribution in [0.25, 0.3) is 0 Å². The molecule has 0 radical (unpaired) electrons. The van der Waals surface area contributed by atoms with Gasteiger partial charge >= 0.3 is 6.03 Å². The lowest BCUT2D eigenvalue weighted by Crippen LogP contribution is -2.34. The number of anilines is 1. The van der Waals surface area contributed by atoms with Gasteiger partial charge in [-0.05, 0) is 43.2 Å². The first-order valence-corrected chi connectivity index (χ1v) is 9.10. The Bertz CT molecular complexity index is 784. The molecule has 0 saturated carbocycles. The largest absolute Gasteiger partial charge is 0.323 e. The predicted octanol–water partition coefficient (Wildman–Crippen LogP) is 5.38. The first-order valence-electron chi connectivity index (χ1n) is 7.67.